The molecule has 4 fully saturated rings. The highest BCUT2D eigenvalue weighted by atomic mass is 16.5. The third-order valence-electron chi connectivity index (χ3n) is 8.72. The summed E-state index contributed by atoms with van der Waals surface area (Å²) in [5.74, 6) is 1.18. The molecule has 2 amide bonds. The van der Waals surface area contributed by atoms with Gasteiger partial charge >= 0.3 is 0 Å². The van der Waals surface area contributed by atoms with E-state index in [4.69, 9.17) is 4.74 Å². The standard InChI is InChI=1S/C27H37BN2O4/c31-21-18-23(34-22-11-7-6-10-20(21)22)24(32)29-26-12-15-27(16-13-26,17-14-26)30-25(33)28-19-8-4-2-1-3-5-9-19/h6-7,10-11,18-19,21,28,31H,1-5,8-9,12-17H2,(H,29,32)(H,30,33). The van der Waals surface area contributed by atoms with Crippen molar-refractivity contribution in [3.63, 3.8) is 0 Å². The van der Waals surface area contributed by atoms with E-state index in [1.54, 1.807) is 12.1 Å². The van der Waals surface area contributed by atoms with Crippen molar-refractivity contribution in [1.82, 2.24) is 10.6 Å². The fourth-order valence-corrected chi connectivity index (χ4v) is 6.54. The van der Waals surface area contributed by atoms with Crippen LogP contribution < -0.4 is 15.4 Å². The Balaban J connectivity index is 1.15. The van der Waals surface area contributed by atoms with Crippen molar-refractivity contribution in [3.05, 3.63) is 41.7 Å². The molecule has 6 rings (SSSR count). The highest BCUT2D eigenvalue weighted by molar-refractivity contribution is 6.74. The summed E-state index contributed by atoms with van der Waals surface area (Å²) in [7, 11) is 0.666. The quantitative estimate of drug-likeness (QED) is 0.555. The van der Waals surface area contributed by atoms with Crippen LogP contribution in [0, 0.1) is 0 Å². The lowest BCUT2D eigenvalue weighted by Gasteiger charge is -2.54. The molecule has 4 aliphatic carbocycles. The van der Waals surface area contributed by atoms with Gasteiger partial charge in [0, 0.05) is 16.6 Å². The highest BCUT2D eigenvalue weighted by Gasteiger charge is 2.50. The lowest BCUT2D eigenvalue weighted by Crippen LogP contribution is -2.64. The molecule has 0 radical (unpaired) electrons. The summed E-state index contributed by atoms with van der Waals surface area (Å²) in [6.07, 6.45) is 14.8. The van der Waals surface area contributed by atoms with Crippen LogP contribution in [0.15, 0.2) is 36.1 Å². The predicted molar refractivity (Wildman–Crippen MR) is 133 cm³/mol. The number of nitrogens with one attached hydrogen (secondary N) is 2. The molecule has 6 nitrogen and oxygen atoms in total. The predicted octanol–water partition coefficient (Wildman–Crippen LogP) is 4.64. The van der Waals surface area contributed by atoms with E-state index < -0.39 is 6.10 Å². The number of ether oxygens (including phenoxy) is 1. The van der Waals surface area contributed by atoms with E-state index in [9.17, 15) is 14.7 Å². The molecule has 3 N–H and O–H groups in total. The maximum atomic E-state index is 13.0. The second-order valence-corrected chi connectivity index (χ2v) is 11.1. The zero-order chi connectivity index (χ0) is 23.6. The first-order valence-corrected chi connectivity index (χ1v) is 13.3. The number of amides is 2. The van der Waals surface area contributed by atoms with Gasteiger partial charge in [-0.05, 0) is 50.7 Å². The number of rotatable bonds is 5. The molecular formula is C27H37BN2O4. The Labute approximate surface area is 203 Å². The average Bonchev–Trinajstić information content (AvgIpc) is 2.82. The molecule has 1 unspecified atom stereocenters. The van der Waals surface area contributed by atoms with Crippen molar-refractivity contribution in [3.8, 4) is 5.75 Å². The van der Waals surface area contributed by atoms with Crippen molar-refractivity contribution in [2.45, 2.75) is 106 Å². The zero-order valence-electron chi connectivity index (χ0n) is 20.1. The van der Waals surface area contributed by atoms with Crippen LogP contribution in [0.5, 0.6) is 5.75 Å². The van der Waals surface area contributed by atoms with Gasteiger partial charge in [-0.1, -0.05) is 69.0 Å². The van der Waals surface area contributed by atoms with Crippen molar-refractivity contribution in [1.29, 1.82) is 0 Å². The topological polar surface area (TPSA) is 87.7 Å². The number of benzene rings is 1. The van der Waals surface area contributed by atoms with Crippen molar-refractivity contribution in [2.75, 3.05) is 0 Å². The first-order chi connectivity index (χ1) is 16.5. The van der Waals surface area contributed by atoms with Gasteiger partial charge in [0.2, 0.25) is 7.28 Å². The van der Waals surface area contributed by atoms with E-state index in [-0.39, 0.29) is 28.6 Å². The first-order valence-electron chi connectivity index (χ1n) is 13.3. The van der Waals surface area contributed by atoms with Gasteiger partial charge < -0.3 is 20.5 Å². The molecule has 7 heteroatoms. The van der Waals surface area contributed by atoms with Gasteiger partial charge in [-0.2, -0.15) is 0 Å². The molecular weight excluding hydrogens is 427 g/mol. The number of hydrogen-bond donors (Lipinski definition) is 3. The molecule has 2 bridgehead atoms. The number of hydrogen-bond acceptors (Lipinski definition) is 4. The van der Waals surface area contributed by atoms with E-state index >= 15 is 0 Å². The first kappa shape index (κ1) is 23.5. The maximum Gasteiger partial charge on any atom is 0.287 e. The van der Waals surface area contributed by atoms with Crippen LogP contribution in [0.3, 0.4) is 0 Å². The molecule has 1 atom stereocenters. The van der Waals surface area contributed by atoms with Crippen LogP contribution in [-0.4, -0.2) is 35.2 Å². The van der Waals surface area contributed by atoms with Crippen LogP contribution in [0.1, 0.15) is 95.1 Å². The van der Waals surface area contributed by atoms with Gasteiger partial charge in [0.05, 0.1) is 0 Å². The molecule has 1 heterocycles. The summed E-state index contributed by atoms with van der Waals surface area (Å²) in [6.45, 7) is 0. The molecule has 1 aliphatic heterocycles. The SMILES string of the molecule is O=C(BC1CCCCCCC1)NC12CCC(NC(=O)C3=CC(O)c4ccccc4O3)(CC1)CC2. The number of aliphatic hydroxyl groups is 1. The van der Waals surface area contributed by atoms with Crippen molar-refractivity contribution in [2.24, 2.45) is 0 Å². The van der Waals surface area contributed by atoms with Crippen LogP contribution in [0.25, 0.3) is 0 Å². The Kier molecular flexibility index (Phi) is 6.74. The monoisotopic (exact) mass is 464 g/mol. The average molecular weight is 464 g/mol. The van der Waals surface area contributed by atoms with Crippen LogP contribution >= 0.6 is 0 Å². The Morgan fingerprint density at radius 1 is 0.882 bits per heavy atom. The fraction of sp³-hybridized carbons (Fsp3) is 0.630. The Morgan fingerprint density at radius 2 is 1.47 bits per heavy atom. The summed E-state index contributed by atoms with van der Waals surface area (Å²) in [4.78, 5) is 26.0. The van der Waals surface area contributed by atoms with E-state index in [0.717, 1.165) is 38.5 Å². The van der Waals surface area contributed by atoms with E-state index in [1.165, 1.54) is 51.0 Å². The van der Waals surface area contributed by atoms with Gasteiger partial charge in [-0.3, -0.25) is 9.59 Å². The number of aliphatic hydroxyl groups excluding tert-OH is 1. The van der Waals surface area contributed by atoms with Crippen molar-refractivity contribution >= 4 is 19.0 Å². The Morgan fingerprint density at radius 3 is 2.15 bits per heavy atom. The minimum Gasteiger partial charge on any atom is -0.451 e. The molecule has 182 valence electrons. The summed E-state index contributed by atoms with van der Waals surface area (Å²) in [5.41, 5.74) is 0.309. The third kappa shape index (κ3) is 5.05. The minimum atomic E-state index is -0.846. The molecule has 0 aromatic heterocycles. The normalized spacial score (nSPS) is 31.2. The molecule has 5 aliphatic rings. The number of carbonyl (C=O) groups is 2. The van der Waals surface area contributed by atoms with Crippen LogP contribution in [0.2, 0.25) is 5.82 Å². The smallest absolute Gasteiger partial charge is 0.287 e. The molecule has 1 aromatic rings. The summed E-state index contributed by atoms with van der Waals surface area (Å²) >= 11 is 0. The van der Waals surface area contributed by atoms with Gasteiger partial charge in [0.1, 0.15) is 11.9 Å². The van der Waals surface area contributed by atoms with E-state index in [1.807, 2.05) is 12.1 Å². The van der Waals surface area contributed by atoms with Gasteiger partial charge in [0.25, 0.3) is 5.91 Å². The number of para-hydroxylation sites is 1. The van der Waals surface area contributed by atoms with Crippen molar-refractivity contribution < 1.29 is 19.4 Å². The van der Waals surface area contributed by atoms with E-state index in [2.05, 4.69) is 10.6 Å². The van der Waals surface area contributed by atoms with Crippen LogP contribution in [-0.2, 0) is 4.79 Å². The van der Waals surface area contributed by atoms with Gasteiger partial charge in [0.15, 0.2) is 11.6 Å². The summed E-state index contributed by atoms with van der Waals surface area (Å²) in [5, 5.41) is 17.1. The molecule has 1 aromatic carbocycles. The Hall–Kier alpha value is -2.28. The summed E-state index contributed by atoms with van der Waals surface area (Å²) < 4.78 is 5.80. The molecule has 0 saturated heterocycles. The van der Waals surface area contributed by atoms with Gasteiger partial charge in [-0.25, -0.2) is 0 Å². The maximum absolute atomic E-state index is 13.0. The number of carbonyl (C=O) groups excluding carboxylic acids is 2. The lowest BCUT2D eigenvalue weighted by molar-refractivity contribution is -0.123. The lowest BCUT2D eigenvalue weighted by atomic mass is 9.57. The zero-order valence-corrected chi connectivity index (χ0v) is 20.1. The molecule has 0 spiro atoms. The third-order valence-corrected chi connectivity index (χ3v) is 8.72. The molecule has 4 saturated carbocycles. The van der Waals surface area contributed by atoms with E-state index in [0.29, 0.717) is 24.4 Å². The largest absolute Gasteiger partial charge is 0.451 e. The second kappa shape index (κ2) is 9.77. The van der Waals surface area contributed by atoms with Gasteiger partial charge in [-0.15, -0.1) is 0 Å². The van der Waals surface area contributed by atoms with Crippen LogP contribution in [0.4, 0.5) is 4.79 Å². The number of fused-ring (bicyclic) bond motifs is 4. The Bertz CT molecular complexity index is 929. The second-order valence-electron chi connectivity index (χ2n) is 11.1. The molecule has 34 heavy (non-hydrogen) atoms. The minimum absolute atomic E-state index is 0.110. The highest BCUT2D eigenvalue weighted by Crippen LogP contribution is 2.47. The fourth-order valence-electron chi connectivity index (χ4n) is 6.54. The summed E-state index contributed by atoms with van der Waals surface area (Å²) in [6, 6.07) is 7.25.